The summed E-state index contributed by atoms with van der Waals surface area (Å²) in [6.07, 6.45) is -4.21. The van der Waals surface area contributed by atoms with Gasteiger partial charge in [0.2, 0.25) is 0 Å². The average Bonchev–Trinajstić information content (AvgIpc) is 3.92. The van der Waals surface area contributed by atoms with E-state index in [0.717, 1.165) is 0 Å². The Balaban J connectivity index is 0.00000455. The van der Waals surface area contributed by atoms with E-state index < -0.39 is 135 Å². The zero-order chi connectivity index (χ0) is 40.1. The number of nitrogens with zero attached hydrogens (tertiary/aromatic N) is 2. The predicted molar refractivity (Wildman–Crippen MR) is 238 cm³/mol. The first-order chi connectivity index (χ1) is 26.4. The zero-order valence-electron chi connectivity index (χ0n) is 28.7. The number of fused-ring (bicyclic) bond motifs is 20. The van der Waals surface area contributed by atoms with Crippen LogP contribution in [0, 0.1) is 47.3 Å². The topological polar surface area (TPSA) is 100 Å². The summed E-state index contributed by atoms with van der Waals surface area (Å²) in [5, 5.41) is 23.4. The van der Waals surface area contributed by atoms with E-state index in [1.165, 1.54) is 0 Å². The molecule has 0 aromatic rings. The molecule has 4 saturated carbocycles. The molecular weight excluding hydrogens is 1130 g/mol. The number of hydrogen-bond acceptors (Lipinski definition) is 6. The molecule has 329 valence electrons. The normalized spacial score (nSPS) is 64.8. The minimum atomic E-state index is -0.649. The first-order valence-corrected chi connectivity index (χ1v) is 25.6. The Labute approximate surface area is 423 Å². The molecule has 32 atom stereocenters. The quantitative estimate of drug-likeness (QED) is 0.110. The molecule has 5 heterocycles. The molecule has 8 bridgehead atoms. The van der Waals surface area contributed by atoms with Crippen LogP contribution in [0.4, 0.5) is 0 Å². The molecule has 9 rings (SSSR count). The van der Waals surface area contributed by atoms with Crippen molar-refractivity contribution < 1.29 is 17.1 Å². The van der Waals surface area contributed by atoms with E-state index in [0.29, 0.717) is 0 Å². The fraction of sp³-hybridized carbons (Fsp3) is 1.00. The van der Waals surface area contributed by atoms with Crippen LogP contribution in [0.2, 0.25) is 0 Å². The molecular formula is C32H38Cl16CuN8. The van der Waals surface area contributed by atoms with Crippen molar-refractivity contribution in [3.8, 4) is 0 Å². The summed E-state index contributed by atoms with van der Waals surface area (Å²) < 4.78 is 0. The zero-order valence-corrected chi connectivity index (χ0v) is 41.8. The van der Waals surface area contributed by atoms with Crippen LogP contribution in [-0.4, -0.2) is 135 Å². The van der Waals surface area contributed by atoms with Gasteiger partial charge >= 0.3 is 17.1 Å². The second-order valence-electron chi connectivity index (χ2n) is 16.7. The van der Waals surface area contributed by atoms with Crippen molar-refractivity contribution in [2.24, 2.45) is 47.3 Å². The number of alkyl halides is 16. The van der Waals surface area contributed by atoms with Gasteiger partial charge in [0.25, 0.3) is 0 Å². The van der Waals surface area contributed by atoms with Crippen molar-refractivity contribution in [2.45, 2.75) is 135 Å². The number of rotatable bonds is 0. The van der Waals surface area contributed by atoms with Crippen molar-refractivity contribution in [1.29, 1.82) is 0 Å². The molecule has 57 heavy (non-hydrogen) atoms. The molecule has 4 aliphatic carbocycles. The predicted octanol–water partition coefficient (Wildman–Crippen LogP) is 7.65. The Bertz CT molecular complexity index is 1170. The fourth-order valence-electron chi connectivity index (χ4n) is 11.5. The van der Waals surface area contributed by atoms with Gasteiger partial charge in [-0.1, -0.05) is 24.7 Å². The van der Waals surface area contributed by atoms with Gasteiger partial charge < -0.3 is 26.6 Å². The average molecular weight is 1170 g/mol. The molecule has 0 aromatic heterocycles. The van der Waals surface area contributed by atoms with E-state index in [4.69, 9.17) is 196 Å². The summed E-state index contributed by atoms with van der Waals surface area (Å²) in [7, 11) is 0. The maximum atomic E-state index is 7.24. The molecule has 8 nitrogen and oxygen atoms in total. The number of hydrogen-bond donors (Lipinski definition) is 6. The Morgan fingerprint density at radius 2 is 0.386 bits per heavy atom. The van der Waals surface area contributed by atoms with E-state index in [2.05, 4.69) is 31.9 Å². The molecule has 0 amide bonds. The monoisotopic (exact) mass is 1160 g/mol. The van der Waals surface area contributed by atoms with Crippen LogP contribution in [-0.2, 0) is 17.1 Å². The maximum absolute atomic E-state index is 7.24. The van der Waals surface area contributed by atoms with E-state index >= 15 is 0 Å². The van der Waals surface area contributed by atoms with Gasteiger partial charge in [-0.3, -0.25) is 16.0 Å². The smallest absolute Gasteiger partial charge is 0.632 e. The van der Waals surface area contributed by atoms with Crippen LogP contribution < -0.4 is 31.9 Å². The van der Waals surface area contributed by atoms with Gasteiger partial charge in [0.15, 0.2) is 0 Å². The van der Waals surface area contributed by atoms with Crippen LogP contribution in [0.5, 0.6) is 0 Å². The summed E-state index contributed by atoms with van der Waals surface area (Å²) in [5.74, 6) is -2.76. The second-order valence-corrected chi connectivity index (χ2v) is 24.8. The first-order valence-electron chi connectivity index (χ1n) is 18.7. The summed E-state index contributed by atoms with van der Waals surface area (Å²) in [5.41, 5.74) is 0. The van der Waals surface area contributed by atoms with Gasteiger partial charge in [0, 0.05) is 23.7 Å². The van der Waals surface area contributed by atoms with Crippen molar-refractivity contribution in [1.82, 2.24) is 31.9 Å². The van der Waals surface area contributed by atoms with E-state index in [1.807, 2.05) is 0 Å². The Morgan fingerprint density at radius 1 is 0.211 bits per heavy atom. The molecule has 0 aromatic carbocycles. The SMILES string of the molecule is ClC1C(Cl)C(Cl)C2C3[N-]C(NC4[N-]C(NC5NC(NC6NC(N3)C3C(Cl)C(Cl)C(Cl)C(Cl)C63)C3C(Cl)C(Cl)C(Cl)C(Cl)C53)C3C(Cl)C(Cl)C(Cl)C(Cl)C43)C2C1Cl.[Cu+2]. The summed E-state index contributed by atoms with van der Waals surface area (Å²) in [6, 6.07) is 0. The third-order valence-electron chi connectivity index (χ3n) is 14.1. The third-order valence-corrected chi connectivity index (χ3v) is 24.5. The van der Waals surface area contributed by atoms with Gasteiger partial charge in [-0.05, 0) is 23.7 Å². The molecule has 1 radical (unpaired) electrons. The Hall–Kier alpha value is 4.84. The summed E-state index contributed by atoms with van der Waals surface area (Å²) in [6.45, 7) is 0. The van der Waals surface area contributed by atoms with Gasteiger partial charge in [-0.25, -0.2) is 0 Å². The molecule has 5 aliphatic heterocycles. The Kier molecular flexibility index (Phi) is 15.6. The van der Waals surface area contributed by atoms with Crippen LogP contribution in [0.25, 0.3) is 10.6 Å². The van der Waals surface area contributed by atoms with Crippen molar-refractivity contribution in [3.63, 3.8) is 0 Å². The first kappa shape index (κ1) is 48.3. The fourth-order valence-corrected chi connectivity index (χ4v) is 18.5. The van der Waals surface area contributed by atoms with Crippen LogP contribution in [0.15, 0.2) is 0 Å². The number of nitrogens with one attached hydrogen (secondary N) is 6. The van der Waals surface area contributed by atoms with Gasteiger partial charge in [0.05, 0.1) is 111 Å². The molecule has 9 fully saturated rings. The van der Waals surface area contributed by atoms with Gasteiger partial charge in [-0.2, -0.15) is 0 Å². The molecule has 6 N–H and O–H groups in total. The largest absolute Gasteiger partial charge is 2.00 e. The van der Waals surface area contributed by atoms with Crippen LogP contribution in [0.1, 0.15) is 0 Å². The minimum Gasteiger partial charge on any atom is -0.632 e. The Morgan fingerprint density at radius 3 is 0.614 bits per heavy atom. The maximum Gasteiger partial charge on any atom is 2.00 e. The van der Waals surface area contributed by atoms with Gasteiger partial charge in [0.1, 0.15) is 0 Å². The van der Waals surface area contributed by atoms with Crippen LogP contribution >= 0.6 is 186 Å². The molecule has 5 saturated heterocycles. The molecule has 25 heteroatoms. The molecule has 32 unspecified atom stereocenters. The third kappa shape index (κ3) is 7.75. The van der Waals surface area contributed by atoms with E-state index in [9.17, 15) is 0 Å². The standard InChI is InChI=1S/C32H38Cl16N8.Cu/c33-9-1-2(10(34)18(42)17(9)41)26-49-25(1)53-27-3-4(12(36)20(44)19(43)11(3)35)29(50-27)55-31-7-8(16(40)24(48)23(47)15(7)39)32(52-31)56-30-6-5(28(51-30)54-26)13(37)21(45)22(46)14(6)38;/h1-32,49-50,53-56H;/q-2;+2. The number of halogens is 16. The minimum absolute atomic E-state index is 0. The summed E-state index contributed by atoms with van der Waals surface area (Å²) >= 11 is 113. The van der Waals surface area contributed by atoms with Crippen molar-refractivity contribution >= 4 is 186 Å². The van der Waals surface area contributed by atoms with Crippen molar-refractivity contribution in [2.75, 3.05) is 0 Å². The van der Waals surface area contributed by atoms with Crippen LogP contribution in [0.3, 0.4) is 0 Å². The van der Waals surface area contributed by atoms with E-state index in [-0.39, 0.29) is 64.4 Å². The van der Waals surface area contributed by atoms with E-state index in [1.54, 1.807) is 0 Å². The van der Waals surface area contributed by atoms with Crippen molar-refractivity contribution in [3.05, 3.63) is 10.6 Å². The van der Waals surface area contributed by atoms with Gasteiger partial charge in [-0.15, -0.1) is 186 Å². The molecule has 0 spiro atoms. The molecule has 9 aliphatic rings. The summed E-state index contributed by atoms with van der Waals surface area (Å²) in [4.78, 5) is 0. The second kappa shape index (κ2) is 18.4.